The highest BCUT2D eigenvalue weighted by Crippen LogP contribution is 2.44. The fraction of sp³-hybridized carbons (Fsp3) is 0. The van der Waals surface area contributed by atoms with Crippen molar-refractivity contribution in [3.8, 4) is 39.1 Å². The molecule has 0 spiro atoms. The lowest BCUT2D eigenvalue weighted by atomic mass is 9.93. The van der Waals surface area contributed by atoms with Gasteiger partial charge >= 0.3 is 0 Å². The molecule has 11 rings (SSSR count). The van der Waals surface area contributed by atoms with Gasteiger partial charge in [0.1, 0.15) is 22.3 Å². The van der Waals surface area contributed by atoms with Crippen LogP contribution in [0, 0.1) is 0 Å². The summed E-state index contributed by atoms with van der Waals surface area (Å²) in [5.41, 5.74) is 14.1. The molecule has 0 bridgehead atoms. The van der Waals surface area contributed by atoms with Gasteiger partial charge in [-0.05, 0) is 100 Å². The van der Waals surface area contributed by atoms with E-state index in [0.29, 0.717) is 0 Å². The highest BCUT2D eigenvalue weighted by molar-refractivity contribution is 6.18. The van der Waals surface area contributed by atoms with Gasteiger partial charge in [0.2, 0.25) is 0 Å². The van der Waals surface area contributed by atoms with E-state index in [0.717, 1.165) is 71.8 Å². The molecule has 51 heavy (non-hydrogen) atoms. The average molecular weight is 652 g/mol. The summed E-state index contributed by atoms with van der Waals surface area (Å²) in [6.45, 7) is 0. The minimum Gasteiger partial charge on any atom is -0.456 e. The molecule has 0 aliphatic carbocycles. The summed E-state index contributed by atoms with van der Waals surface area (Å²) in [6, 6.07) is 62.8. The molecule has 0 unspecified atom stereocenters. The number of nitrogens with zero attached hydrogens (tertiary/aromatic N) is 1. The van der Waals surface area contributed by atoms with Gasteiger partial charge in [0.15, 0.2) is 0 Å². The summed E-state index contributed by atoms with van der Waals surface area (Å²) in [4.78, 5) is 0. The zero-order valence-corrected chi connectivity index (χ0v) is 27.5. The van der Waals surface area contributed by atoms with Crippen LogP contribution in [0.15, 0.2) is 185 Å². The molecule has 3 nitrogen and oxygen atoms in total. The summed E-state index contributed by atoms with van der Waals surface area (Å²) in [6.07, 6.45) is 0. The van der Waals surface area contributed by atoms with Crippen molar-refractivity contribution in [2.75, 3.05) is 0 Å². The van der Waals surface area contributed by atoms with Crippen molar-refractivity contribution in [2.45, 2.75) is 0 Å². The molecule has 11 aromatic rings. The molecule has 238 valence electrons. The highest BCUT2D eigenvalue weighted by atomic mass is 16.3. The number of aromatic nitrogens is 1. The standard InChI is InChI=1S/C48H29NO2/c1-2-10-30(11-3-1)31-18-22-35(23-19-31)49-42-15-7-4-14-38(42)48-39(33-21-25-47-41(27-33)37-13-6-9-17-45(37)51-47)28-34(29-43(48)49)32-20-24-46-40(26-32)36-12-5-8-16-44(36)50-46/h1-29H. The Hall–Kier alpha value is -6.84. The molecule has 0 N–H and O–H groups in total. The van der Waals surface area contributed by atoms with Gasteiger partial charge in [-0.1, -0.05) is 109 Å². The summed E-state index contributed by atoms with van der Waals surface area (Å²) in [5.74, 6) is 0. The predicted octanol–water partition coefficient (Wildman–Crippen LogP) is 13.6. The van der Waals surface area contributed by atoms with Crippen molar-refractivity contribution in [1.29, 1.82) is 0 Å². The first-order valence-electron chi connectivity index (χ1n) is 17.3. The monoisotopic (exact) mass is 651 g/mol. The van der Waals surface area contributed by atoms with E-state index in [9.17, 15) is 0 Å². The fourth-order valence-electron chi connectivity index (χ4n) is 8.00. The highest BCUT2D eigenvalue weighted by Gasteiger charge is 2.20. The molecule has 3 aromatic heterocycles. The van der Waals surface area contributed by atoms with E-state index < -0.39 is 0 Å². The van der Waals surface area contributed by atoms with Crippen molar-refractivity contribution in [1.82, 2.24) is 4.57 Å². The molecule has 8 aromatic carbocycles. The number of para-hydroxylation sites is 3. The summed E-state index contributed by atoms with van der Waals surface area (Å²) < 4.78 is 14.9. The molecule has 0 aliphatic rings. The van der Waals surface area contributed by atoms with E-state index in [1.165, 1.54) is 33.0 Å². The van der Waals surface area contributed by atoms with Gasteiger partial charge in [-0.3, -0.25) is 0 Å². The van der Waals surface area contributed by atoms with Gasteiger partial charge in [-0.2, -0.15) is 0 Å². The van der Waals surface area contributed by atoms with Crippen molar-refractivity contribution in [3.63, 3.8) is 0 Å². The molecular weight excluding hydrogens is 623 g/mol. The summed E-state index contributed by atoms with van der Waals surface area (Å²) in [5, 5.41) is 6.93. The predicted molar refractivity (Wildman–Crippen MR) is 212 cm³/mol. The van der Waals surface area contributed by atoms with Crippen LogP contribution in [0.2, 0.25) is 0 Å². The Bertz CT molecular complexity index is 3120. The Morgan fingerprint density at radius 3 is 1.55 bits per heavy atom. The SMILES string of the molecule is c1ccc(-c2ccc(-n3c4ccccc4c4c(-c5ccc6oc7ccccc7c6c5)cc(-c5ccc6oc7ccccc7c6c5)cc43)cc2)cc1. The van der Waals surface area contributed by atoms with Crippen LogP contribution in [-0.4, -0.2) is 4.57 Å². The maximum Gasteiger partial charge on any atom is 0.135 e. The Kier molecular flexibility index (Phi) is 5.96. The second-order valence-corrected chi connectivity index (χ2v) is 13.3. The molecule has 0 saturated heterocycles. The normalized spacial score (nSPS) is 11.9. The zero-order valence-electron chi connectivity index (χ0n) is 27.5. The van der Waals surface area contributed by atoms with Crippen molar-refractivity contribution < 1.29 is 8.83 Å². The summed E-state index contributed by atoms with van der Waals surface area (Å²) >= 11 is 0. The molecule has 0 fully saturated rings. The van der Waals surface area contributed by atoms with E-state index in [-0.39, 0.29) is 0 Å². The number of hydrogen-bond acceptors (Lipinski definition) is 2. The number of benzene rings is 8. The second-order valence-electron chi connectivity index (χ2n) is 13.3. The van der Waals surface area contributed by atoms with Gasteiger partial charge in [0.25, 0.3) is 0 Å². The van der Waals surface area contributed by atoms with E-state index in [4.69, 9.17) is 8.83 Å². The number of fused-ring (bicyclic) bond motifs is 9. The average Bonchev–Trinajstić information content (AvgIpc) is 3.87. The third-order valence-electron chi connectivity index (χ3n) is 10.4. The lowest BCUT2D eigenvalue weighted by Gasteiger charge is -2.13. The Balaban J connectivity index is 1.21. The molecule has 3 heteroatoms. The van der Waals surface area contributed by atoms with Gasteiger partial charge in [0.05, 0.1) is 11.0 Å². The van der Waals surface area contributed by atoms with Crippen LogP contribution in [0.25, 0.3) is 105 Å². The minimum atomic E-state index is 0.894. The van der Waals surface area contributed by atoms with E-state index in [2.05, 4.69) is 156 Å². The maximum absolute atomic E-state index is 6.25. The number of furan rings is 2. The first kappa shape index (κ1) is 28.0. The largest absolute Gasteiger partial charge is 0.456 e. The zero-order chi connectivity index (χ0) is 33.5. The van der Waals surface area contributed by atoms with E-state index in [1.807, 2.05) is 24.3 Å². The molecule has 0 amide bonds. The van der Waals surface area contributed by atoms with Crippen LogP contribution in [0.1, 0.15) is 0 Å². The fourth-order valence-corrected chi connectivity index (χ4v) is 8.00. The molecule has 3 heterocycles. The lowest BCUT2D eigenvalue weighted by molar-refractivity contribution is 0.668. The van der Waals surface area contributed by atoms with Crippen LogP contribution in [0.3, 0.4) is 0 Å². The third-order valence-corrected chi connectivity index (χ3v) is 10.4. The van der Waals surface area contributed by atoms with E-state index in [1.54, 1.807) is 0 Å². The first-order chi connectivity index (χ1) is 25.3. The summed E-state index contributed by atoms with van der Waals surface area (Å²) in [7, 11) is 0. The lowest BCUT2D eigenvalue weighted by Crippen LogP contribution is -1.94. The van der Waals surface area contributed by atoms with Crippen molar-refractivity contribution in [2.24, 2.45) is 0 Å². The Labute approximate surface area is 293 Å². The minimum absolute atomic E-state index is 0.894. The number of rotatable bonds is 4. The van der Waals surface area contributed by atoms with Gasteiger partial charge in [0, 0.05) is 38.0 Å². The van der Waals surface area contributed by atoms with Gasteiger partial charge < -0.3 is 13.4 Å². The molecule has 0 saturated carbocycles. The molecule has 0 atom stereocenters. The van der Waals surface area contributed by atoms with Crippen LogP contribution in [-0.2, 0) is 0 Å². The Morgan fingerprint density at radius 2 is 0.843 bits per heavy atom. The molecule has 0 aliphatic heterocycles. The van der Waals surface area contributed by atoms with Crippen molar-refractivity contribution in [3.05, 3.63) is 176 Å². The third kappa shape index (κ3) is 4.32. The second kappa shape index (κ2) is 10.8. The van der Waals surface area contributed by atoms with Crippen LogP contribution < -0.4 is 0 Å². The topological polar surface area (TPSA) is 31.2 Å². The van der Waals surface area contributed by atoms with E-state index >= 15 is 0 Å². The quantitative estimate of drug-likeness (QED) is 0.190. The van der Waals surface area contributed by atoms with Gasteiger partial charge in [-0.25, -0.2) is 0 Å². The van der Waals surface area contributed by atoms with Crippen LogP contribution in [0.5, 0.6) is 0 Å². The molecular formula is C48H29NO2. The smallest absolute Gasteiger partial charge is 0.135 e. The Morgan fingerprint density at radius 1 is 0.314 bits per heavy atom. The van der Waals surface area contributed by atoms with Crippen LogP contribution >= 0.6 is 0 Å². The first-order valence-corrected chi connectivity index (χ1v) is 17.3. The number of hydrogen-bond donors (Lipinski definition) is 0. The molecule has 0 radical (unpaired) electrons. The van der Waals surface area contributed by atoms with Crippen LogP contribution in [0.4, 0.5) is 0 Å². The van der Waals surface area contributed by atoms with Gasteiger partial charge in [-0.15, -0.1) is 0 Å². The van der Waals surface area contributed by atoms with Crippen molar-refractivity contribution >= 4 is 65.7 Å². The maximum atomic E-state index is 6.25.